The average Bonchev–Trinajstić information content (AvgIpc) is 3.13. The average molecular weight is 320 g/mol. The van der Waals surface area contributed by atoms with Gasteiger partial charge in [-0.05, 0) is 30.7 Å². The van der Waals surface area contributed by atoms with Crippen molar-refractivity contribution in [1.29, 1.82) is 0 Å². The van der Waals surface area contributed by atoms with E-state index in [2.05, 4.69) is 41.6 Å². The molecule has 0 atom stereocenters. The van der Waals surface area contributed by atoms with E-state index in [4.69, 9.17) is 4.98 Å². The van der Waals surface area contributed by atoms with Crippen molar-refractivity contribution in [2.24, 2.45) is 7.05 Å². The van der Waals surface area contributed by atoms with Gasteiger partial charge in [-0.15, -0.1) is 11.3 Å². The molecule has 0 amide bonds. The zero-order valence-corrected chi connectivity index (χ0v) is 13.8. The van der Waals surface area contributed by atoms with Crippen LogP contribution in [0.15, 0.2) is 53.9 Å². The Balaban J connectivity index is 1.70. The molecule has 2 aromatic heterocycles. The summed E-state index contributed by atoms with van der Waals surface area (Å²) in [6.45, 7) is 2.08. The molecule has 0 aliphatic heterocycles. The van der Waals surface area contributed by atoms with Crippen LogP contribution >= 0.6 is 11.3 Å². The van der Waals surface area contributed by atoms with Crippen LogP contribution in [0.4, 0.5) is 10.8 Å². The molecule has 5 heteroatoms. The Morgan fingerprint density at radius 1 is 1.09 bits per heavy atom. The van der Waals surface area contributed by atoms with Crippen molar-refractivity contribution in [2.45, 2.75) is 6.92 Å². The molecule has 2 aromatic carbocycles. The summed E-state index contributed by atoms with van der Waals surface area (Å²) >= 11 is 1.59. The second kappa shape index (κ2) is 5.52. The van der Waals surface area contributed by atoms with Crippen LogP contribution in [-0.4, -0.2) is 14.8 Å². The lowest BCUT2D eigenvalue weighted by Crippen LogP contribution is -1.91. The zero-order valence-electron chi connectivity index (χ0n) is 12.9. The van der Waals surface area contributed by atoms with Crippen LogP contribution in [-0.2, 0) is 7.05 Å². The Morgan fingerprint density at radius 3 is 2.83 bits per heavy atom. The molecule has 0 unspecified atom stereocenters. The minimum atomic E-state index is 0.875. The molecule has 2 heterocycles. The maximum atomic E-state index is 4.70. The van der Waals surface area contributed by atoms with Gasteiger partial charge in [-0.3, -0.25) is 4.68 Å². The van der Waals surface area contributed by atoms with E-state index < -0.39 is 0 Å². The van der Waals surface area contributed by atoms with Gasteiger partial charge in [0.15, 0.2) is 5.13 Å². The highest BCUT2D eigenvalue weighted by molar-refractivity contribution is 7.14. The molecule has 0 bridgehead atoms. The van der Waals surface area contributed by atoms with Crippen LogP contribution in [0.1, 0.15) is 5.56 Å². The summed E-state index contributed by atoms with van der Waals surface area (Å²) in [6.07, 6.45) is 0. The number of anilines is 2. The number of hydrogen-bond acceptors (Lipinski definition) is 4. The summed E-state index contributed by atoms with van der Waals surface area (Å²) in [5.41, 5.74) is 5.22. The van der Waals surface area contributed by atoms with Crippen molar-refractivity contribution in [3.05, 3.63) is 59.5 Å². The summed E-state index contributed by atoms with van der Waals surface area (Å²) in [5, 5.41) is 12.0. The summed E-state index contributed by atoms with van der Waals surface area (Å²) in [5.74, 6) is 0. The maximum absolute atomic E-state index is 4.70. The van der Waals surface area contributed by atoms with Gasteiger partial charge in [0, 0.05) is 23.5 Å². The highest BCUT2D eigenvalue weighted by atomic mass is 32.1. The molecule has 0 fully saturated rings. The van der Waals surface area contributed by atoms with Crippen LogP contribution < -0.4 is 5.32 Å². The van der Waals surface area contributed by atoms with E-state index in [-0.39, 0.29) is 0 Å². The van der Waals surface area contributed by atoms with Crippen LogP contribution in [0, 0.1) is 6.92 Å². The molecule has 0 saturated carbocycles. The summed E-state index contributed by atoms with van der Waals surface area (Å²) in [4.78, 5) is 4.70. The molecular formula is C18H16N4S. The fourth-order valence-electron chi connectivity index (χ4n) is 2.69. The Bertz CT molecular complexity index is 984. The smallest absolute Gasteiger partial charge is 0.187 e. The highest BCUT2D eigenvalue weighted by Gasteiger charge is 2.13. The molecule has 23 heavy (non-hydrogen) atoms. The molecule has 0 aliphatic rings. The summed E-state index contributed by atoms with van der Waals surface area (Å²) in [7, 11) is 1.96. The van der Waals surface area contributed by atoms with E-state index in [1.54, 1.807) is 11.3 Å². The number of thiazole rings is 1. The fourth-order valence-corrected chi connectivity index (χ4v) is 3.40. The van der Waals surface area contributed by atoms with E-state index in [9.17, 15) is 0 Å². The first-order valence-electron chi connectivity index (χ1n) is 7.42. The molecule has 4 rings (SSSR count). The lowest BCUT2D eigenvalue weighted by molar-refractivity contribution is 0.799. The fraction of sp³-hybridized carbons (Fsp3) is 0.111. The standard InChI is InChI=1S/C18H16N4S/c1-12-6-5-7-13(10-12)19-18-20-15(11-23-18)17-14-8-3-4-9-16(14)22(2)21-17/h3-11H,1-2H3,(H,19,20). The largest absolute Gasteiger partial charge is 0.332 e. The van der Waals surface area contributed by atoms with Crippen molar-refractivity contribution in [1.82, 2.24) is 14.8 Å². The number of fused-ring (bicyclic) bond motifs is 1. The molecule has 1 N–H and O–H groups in total. The van der Waals surface area contributed by atoms with E-state index in [1.165, 1.54) is 5.56 Å². The van der Waals surface area contributed by atoms with Crippen LogP contribution in [0.5, 0.6) is 0 Å². The van der Waals surface area contributed by atoms with Crippen molar-refractivity contribution < 1.29 is 0 Å². The van der Waals surface area contributed by atoms with Gasteiger partial charge >= 0.3 is 0 Å². The summed E-state index contributed by atoms with van der Waals surface area (Å²) in [6, 6.07) is 16.5. The Kier molecular flexibility index (Phi) is 3.35. The first kappa shape index (κ1) is 14.0. The molecule has 0 radical (unpaired) electrons. The third kappa shape index (κ3) is 2.59. The lowest BCUT2D eigenvalue weighted by atomic mass is 10.2. The number of benzene rings is 2. The molecular weight excluding hydrogens is 304 g/mol. The van der Waals surface area contributed by atoms with E-state index in [0.717, 1.165) is 33.1 Å². The van der Waals surface area contributed by atoms with Crippen molar-refractivity contribution in [3.8, 4) is 11.4 Å². The van der Waals surface area contributed by atoms with E-state index in [0.29, 0.717) is 0 Å². The maximum Gasteiger partial charge on any atom is 0.187 e. The SMILES string of the molecule is Cc1cccc(Nc2nc(-c3nn(C)c4ccccc34)cs2)c1. The number of hydrogen-bond donors (Lipinski definition) is 1. The minimum absolute atomic E-state index is 0.875. The number of para-hydroxylation sites is 1. The van der Waals surface area contributed by atoms with E-state index >= 15 is 0 Å². The van der Waals surface area contributed by atoms with Crippen molar-refractivity contribution >= 4 is 33.1 Å². The van der Waals surface area contributed by atoms with Gasteiger partial charge in [-0.25, -0.2) is 4.98 Å². The molecule has 0 aliphatic carbocycles. The van der Waals surface area contributed by atoms with Gasteiger partial charge in [0.05, 0.1) is 5.52 Å². The zero-order chi connectivity index (χ0) is 15.8. The highest BCUT2D eigenvalue weighted by Crippen LogP contribution is 2.31. The lowest BCUT2D eigenvalue weighted by Gasteiger charge is -2.02. The number of aromatic nitrogens is 3. The normalized spacial score (nSPS) is 11.0. The van der Waals surface area contributed by atoms with Crippen LogP contribution in [0.3, 0.4) is 0 Å². The number of nitrogens with zero attached hydrogens (tertiary/aromatic N) is 3. The molecule has 4 aromatic rings. The number of nitrogens with one attached hydrogen (secondary N) is 1. The number of rotatable bonds is 3. The van der Waals surface area contributed by atoms with Crippen LogP contribution in [0.2, 0.25) is 0 Å². The third-order valence-corrected chi connectivity index (χ3v) is 4.53. The van der Waals surface area contributed by atoms with Gasteiger partial charge in [0.2, 0.25) is 0 Å². The van der Waals surface area contributed by atoms with Gasteiger partial charge in [0.25, 0.3) is 0 Å². The Morgan fingerprint density at radius 2 is 1.96 bits per heavy atom. The first-order valence-corrected chi connectivity index (χ1v) is 8.30. The van der Waals surface area contributed by atoms with E-state index in [1.807, 2.05) is 41.4 Å². The third-order valence-electron chi connectivity index (χ3n) is 3.77. The second-order valence-corrected chi connectivity index (χ2v) is 6.38. The van der Waals surface area contributed by atoms with Gasteiger partial charge in [-0.2, -0.15) is 5.10 Å². The molecule has 0 saturated heterocycles. The minimum Gasteiger partial charge on any atom is -0.332 e. The quantitative estimate of drug-likeness (QED) is 0.592. The van der Waals surface area contributed by atoms with Gasteiger partial charge < -0.3 is 5.32 Å². The Labute approximate surface area is 138 Å². The summed E-state index contributed by atoms with van der Waals surface area (Å²) < 4.78 is 1.90. The topological polar surface area (TPSA) is 42.7 Å². The molecule has 114 valence electrons. The predicted octanol–water partition coefficient (Wildman–Crippen LogP) is 4.75. The Hall–Kier alpha value is -2.66. The first-order chi connectivity index (χ1) is 11.2. The molecule has 0 spiro atoms. The van der Waals surface area contributed by atoms with Crippen LogP contribution in [0.25, 0.3) is 22.3 Å². The van der Waals surface area contributed by atoms with Gasteiger partial charge in [-0.1, -0.05) is 30.3 Å². The van der Waals surface area contributed by atoms with Crippen molar-refractivity contribution in [2.75, 3.05) is 5.32 Å². The predicted molar refractivity (Wildman–Crippen MR) is 96.3 cm³/mol. The van der Waals surface area contributed by atoms with Crippen molar-refractivity contribution in [3.63, 3.8) is 0 Å². The second-order valence-electron chi connectivity index (χ2n) is 5.52. The number of aryl methyl sites for hydroxylation is 2. The monoisotopic (exact) mass is 320 g/mol. The van der Waals surface area contributed by atoms with Gasteiger partial charge in [0.1, 0.15) is 11.4 Å². The molecule has 4 nitrogen and oxygen atoms in total.